The van der Waals surface area contributed by atoms with E-state index in [4.69, 9.17) is 0 Å². The van der Waals surface area contributed by atoms with Crippen molar-refractivity contribution in [3.63, 3.8) is 0 Å². The third-order valence-electron chi connectivity index (χ3n) is 2.61. The number of anilines is 1. The lowest BCUT2D eigenvalue weighted by molar-refractivity contribution is 0.584. The Balaban J connectivity index is 2.61. The summed E-state index contributed by atoms with van der Waals surface area (Å²) in [5, 5.41) is 2.92. The highest BCUT2D eigenvalue weighted by molar-refractivity contribution is 9.10. The lowest BCUT2D eigenvalue weighted by Crippen LogP contribution is -2.03. The van der Waals surface area contributed by atoms with E-state index in [0.717, 1.165) is 16.2 Å². The van der Waals surface area contributed by atoms with Gasteiger partial charge in [-0.15, -0.1) is 0 Å². The largest absolute Gasteiger partial charge is 0.372 e. The maximum atomic E-state index is 13.2. The van der Waals surface area contributed by atoms with Crippen LogP contribution in [-0.4, -0.2) is 17.0 Å². The quantitative estimate of drug-likeness (QED) is 0.932. The summed E-state index contributed by atoms with van der Waals surface area (Å²) >= 11 is 3.40. The van der Waals surface area contributed by atoms with E-state index in [2.05, 4.69) is 31.2 Å². The zero-order chi connectivity index (χ0) is 14.0. The van der Waals surface area contributed by atoms with Gasteiger partial charge in [0.25, 0.3) is 0 Å². The van der Waals surface area contributed by atoms with Crippen molar-refractivity contribution in [2.75, 3.05) is 12.4 Å². The van der Waals surface area contributed by atoms with E-state index >= 15 is 0 Å². The van der Waals surface area contributed by atoms with Gasteiger partial charge in [-0.05, 0) is 34.5 Å². The van der Waals surface area contributed by atoms with E-state index in [0.29, 0.717) is 23.6 Å². The molecule has 0 amide bonds. The fourth-order valence-corrected chi connectivity index (χ4v) is 2.36. The minimum atomic E-state index is -0.648. The van der Waals surface area contributed by atoms with Gasteiger partial charge in [0.1, 0.15) is 17.5 Å². The second kappa shape index (κ2) is 5.61. The first-order valence-corrected chi connectivity index (χ1v) is 6.55. The third kappa shape index (κ3) is 2.89. The summed E-state index contributed by atoms with van der Waals surface area (Å²) in [5.74, 6) is -0.412. The van der Waals surface area contributed by atoms with Gasteiger partial charge in [-0.25, -0.2) is 18.7 Å². The first-order valence-electron chi connectivity index (χ1n) is 5.75. The summed E-state index contributed by atoms with van der Waals surface area (Å²) in [6.45, 7) is 1.95. The summed E-state index contributed by atoms with van der Waals surface area (Å²) in [7, 11) is 1.72. The molecule has 0 spiro atoms. The predicted octanol–water partition coefficient (Wildman–Crippen LogP) is 3.79. The molecule has 2 aromatic rings. The normalized spacial score (nSPS) is 10.6. The second-order valence-corrected chi connectivity index (χ2v) is 4.71. The third-order valence-corrected chi connectivity index (χ3v) is 3.45. The fraction of sp³-hybridized carbons (Fsp3) is 0.231. The Morgan fingerprint density at radius 1 is 1.16 bits per heavy atom. The molecule has 3 nitrogen and oxygen atoms in total. The number of benzene rings is 1. The maximum Gasteiger partial charge on any atom is 0.162 e. The molecule has 0 atom stereocenters. The van der Waals surface area contributed by atoms with Gasteiger partial charge in [0, 0.05) is 18.7 Å². The van der Waals surface area contributed by atoms with Gasteiger partial charge < -0.3 is 5.32 Å². The number of nitrogens with one attached hydrogen (secondary N) is 1. The minimum absolute atomic E-state index is 0.294. The van der Waals surface area contributed by atoms with E-state index in [-0.39, 0.29) is 0 Å². The van der Waals surface area contributed by atoms with Crippen molar-refractivity contribution in [3.8, 4) is 11.4 Å². The summed E-state index contributed by atoms with van der Waals surface area (Å²) in [5.41, 5.74) is 1.09. The summed E-state index contributed by atoms with van der Waals surface area (Å²) in [6, 6.07) is 3.25. The molecule has 0 radical (unpaired) electrons. The number of aryl methyl sites for hydroxylation is 1. The first-order chi connectivity index (χ1) is 9.05. The van der Waals surface area contributed by atoms with Gasteiger partial charge in [-0.1, -0.05) is 6.92 Å². The molecule has 1 heterocycles. The Labute approximate surface area is 118 Å². The summed E-state index contributed by atoms with van der Waals surface area (Å²) < 4.78 is 27.2. The highest BCUT2D eigenvalue weighted by atomic mass is 79.9. The van der Waals surface area contributed by atoms with Crippen LogP contribution in [0.4, 0.5) is 14.6 Å². The number of rotatable bonds is 3. The number of hydrogen-bond acceptors (Lipinski definition) is 3. The Morgan fingerprint density at radius 3 is 2.32 bits per heavy atom. The van der Waals surface area contributed by atoms with Gasteiger partial charge in [0.05, 0.1) is 10.2 Å². The Kier molecular flexibility index (Phi) is 4.09. The average molecular weight is 328 g/mol. The van der Waals surface area contributed by atoms with Crippen molar-refractivity contribution in [1.82, 2.24) is 9.97 Å². The van der Waals surface area contributed by atoms with Crippen molar-refractivity contribution < 1.29 is 8.78 Å². The Bertz CT molecular complexity index is 572. The lowest BCUT2D eigenvalue weighted by atomic mass is 10.2. The zero-order valence-corrected chi connectivity index (χ0v) is 12.1. The molecule has 1 N–H and O–H groups in total. The minimum Gasteiger partial charge on any atom is -0.372 e. The fourth-order valence-electron chi connectivity index (χ4n) is 1.71. The van der Waals surface area contributed by atoms with Crippen LogP contribution < -0.4 is 5.32 Å². The topological polar surface area (TPSA) is 37.8 Å². The molecular weight excluding hydrogens is 316 g/mol. The van der Waals surface area contributed by atoms with Crippen molar-refractivity contribution >= 4 is 21.7 Å². The predicted molar refractivity (Wildman–Crippen MR) is 74.0 cm³/mol. The lowest BCUT2D eigenvalue weighted by Gasteiger charge is -2.10. The summed E-state index contributed by atoms with van der Waals surface area (Å²) in [6.07, 6.45) is 0.683. The van der Waals surface area contributed by atoms with Gasteiger partial charge in [-0.2, -0.15) is 0 Å². The van der Waals surface area contributed by atoms with Crippen LogP contribution in [0.3, 0.4) is 0 Å². The molecule has 6 heteroatoms. The molecule has 0 bridgehead atoms. The van der Waals surface area contributed by atoms with Crippen molar-refractivity contribution in [1.29, 1.82) is 0 Å². The van der Waals surface area contributed by atoms with Crippen molar-refractivity contribution in [3.05, 3.63) is 40.0 Å². The van der Waals surface area contributed by atoms with Gasteiger partial charge in [-0.3, -0.25) is 0 Å². The maximum absolute atomic E-state index is 13.2. The molecule has 19 heavy (non-hydrogen) atoms. The second-order valence-electron chi connectivity index (χ2n) is 3.92. The van der Waals surface area contributed by atoms with Crippen LogP contribution in [0.1, 0.15) is 12.6 Å². The molecule has 1 aromatic carbocycles. The zero-order valence-electron chi connectivity index (χ0n) is 10.5. The van der Waals surface area contributed by atoms with Crippen molar-refractivity contribution in [2.24, 2.45) is 0 Å². The standard InChI is InChI=1S/C13H12BrF2N3/c1-3-10-11(14)13(17-2)19-12(18-10)7-4-8(15)6-9(16)5-7/h4-6H,3H2,1-2H3,(H,17,18,19). The van der Waals surface area contributed by atoms with Gasteiger partial charge >= 0.3 is 0 Å². The smallest absolute Gasteiger partial charge is 0.162 e. The van der Waals surface area contributed by atoms with Crippen LogP contribution in [0, 0.1) is 11.6 Å². The van der Waals surface area contributed by atoms with E-state index in [1.165, 1.54) is 12.1 Å². The molecule has 0 aliphatic heterocycles. The molecule has 0 aliphatic rings. The van der Waals surface area contributed by atoms with E-state index in [1.54, 1.807) is 7.05 Å². The molecule has 0 aliphatic carbocycles. The molecule has 0 saturated heterocycles. The van der Waals surface area contributed by atoms with Crippen LogP contribution in [0.25, 0.3) is 11.4 Å². The van der Waals surface area contributed by atoms with Crippen LogP contribution in [0.2, 0.25) is 0 Å². The molecule has 1 aromatic heterocycles. The molecule has 0 unspecified atom stereocenters. The van der Waals surface area contributed by atoms with Crippen molar-refractivity contribution in [2.45, 2.75) is 13.3 Å². The molecular formula is C13H12BrF2N3. The highest BCUT2D eigenvalue weighted by Gasteiger charge is 2.13. The molecule has 2 rings (SSSR count). The highest BCUT2D eigenvalue weighted by Crippen LogP contribution is 2.27. The monoisotopic (exact) mass is 327 g/mol. The molecule has 100 valence electrons. The van der Waals surface area contributed by atoms with Gasteiger partial charge in [0.15, 0.2) is 5.82 Å². The Hall–Kier alpha value is -1.56. The van der Waals surface area contributed by atoms with Crippen LogP contribution in [-0.2, 0) is 6.42 Å². The van der Waals surface area contributed by atoms with Gasteiger partial charge in [0.2, 0.25) is 0 Å². The SMILES string of the molecule is CCc1nc(-c2cc(F)cc(F)c2)nc(NC)c1Br. The number of aromatic nitrogens is 2. The Morgan fingerprint density at radius 2 is 1.79 bits per heavy atom. The van der Waals surface area contributed by atoms with E-state index in [1.807, 2.05) is 6.92 Å². The molecule has 0 saturated carbocycles. The molecule has 0 fully saturated rings. The van der Waals surface area contributed by atoms with E-state index in [9.17, 15) is 8.78 Å². The number of halogens is 3. The number of nitrogens with zero attached hydrogens (tertiary/aromatic N) is 2. The van der Waals surface area contributed by atoms with Crippen LogP contribution in [0.15, 0.2) is 22.7 Å². The average Bonchev–Trinajstić information content (AvgIpc) is 2.37. The first kappa shape index (κ1) is 13.9. The van der Waals surface area contributed by atoms with Crippen LogP contribution in [0.5, 0.6) is 0 Å². The number of hydrogen-bond donors (Lipinski definition) is 1. The van der Waals surface area contributed by atoms with E-state index < -0.39 is 11.6 Å². The van der Waals surface area contributed by atoms with Crippen LogP contribution >= 0.6 is 15.9 Å². The summed E-state index contributed by atoms with van der Waals surface area (Å²) in [4.78, 5) is 8.57.